The molecule has 4 bridgehead atoms. The molecule has 5 fully saturated rings. The third-order valence-electron chi connectivity index (χ3n) is 13.3. The van der Waals surface area contributed by atoms with Crippen LogP contribution in [0.15, 0.2) is 24.3 Å². The number of phenolic OH excluding ortho intramolecular Hbond substituents is 1. The Labute approximate surface area is 349 Å². The number of hydrazine groups is 1. The third-order valence-corrected chi connectivity index (χ3v) is 13.3. The molecule has 1 saturated heterocycles. The number of nitrogens with one attached hydrogen (secondary N) is 5. The molecule has 328 valence electrons. The minimum Gasteiger partial charge on any atom is -0.508 e. The number of nitrogens with zero attached hydrogens (tertiary/aromatic N) is 1. The van der Waals surface area contributed by atoms with Gasteiger partial charge in [-0.1, -0.05) is 46.2 Å². The fourth-order valence-corrected chi connectivity index (χ4v) is 10.4. The zero-order valence-corrected chi connectivity index (χ0v) is 35.5. The summed E-state index contributed by atoms with van der Waals surface area (Å²) in [7, 11) is 0. The number of ketones is 1. The molecule has 6 rings (SSSR count). The number of nitrogens with two attached hydrogens (primary N) is 1. The lowest BCUT2D eigenvalue weighted by molar-refractivity contribution is -0.150. The molecule has 0 radical (unpaired) electrons. The van der Waals surface area contributed by atoms with E-state index < -0.39 is 53.4 Å². The Balaban J connectivity index is 1.24. The number of unbranched alkanes of at least 4 members (excludes halogenated alkanes) is 1. The van der Waals surface area contributed by atoms with E-state index in [9.17, 15) is 39.0 Å². The first kappa shape index (κ1) is 46.0. The van der Waals surface area contributed by atoms with Crippen LogP contribution < -0.4 is 32.5 Å². The minimum absolute atomic E-state index is 0.00916. The van der Waals surface area contributed by atoms with Gasteiger partial charge in [0.15, 0.2) is 5.78 Å². The summed E-state index contributed by atoms with van der Waals surface area (Å²) in [4.78, 5) is 83.2. The molecule has 0 spiro atoms. The number of hydrogen-bond acceptors (Lipinski definition) is 10. The van der Waals surface area contributed by atoms with Crippen molar-refractivity contribution in [3.05, 3.63) is 29.8 Å². The number of phenols is 1. The maximum Gasteiger partial charge on any atom is 0.326 e. The average molecular weight is 824 g/mol. The number of carbonyl (C=O) groups is 6. The maximum absolute atomic E-state index is 14.3. The third kappa shape index (κ3) is 12.0. The zero-order chi connectivity index (χ0) is 42.9. The molecule has 15 nitrogen and oxygen atoms in total. The molecular weight excluding hydrogens is 755 g/mol. The Bertz CT molecular complexity index is 1600. The molecular formula is C44H69N7O8. The van der Waals surface area contributed by atoms with Crippen LogP contribution in [0.4, 0.5) is 0 Å². The van der Waals surface area contributed by atoms with E-state index in [0.717, 1.165) is 25.7 Å². The van der Waals surface area contributed by atoms with Crippen molar-refractivity contribution in [1.82, 2.24) is 31.7 Å². The molecule has 15 heteroatoms. The number of carboxylic acid groups (broad SMARTS) is 1. The fourth-order valence-electron chi connectivity index (χ4n) is 10.4. The van der Waals surface area contributed by atoms with Crippen molar-refractivity contribution in [3.63, 3.8) is 0 Å². The van der Waals surface area contributed by atoms with E-state index in [-0.39, 0.29) is 54.6 Å². The van der Waals surface area contributed by atoms with Crippen LogP contribution in [-0.4, -0.2) is 100 Å². The molecule has 4 saturated carbocycles. The number of hydrogen-bond donors (Lipinski definition) is 8. The van der Waals surface area contributed by atoms with E-state index in [0.29, 0.717) is 68.5 Å². The van der Waals surface area contributed by atoms with Gasteiger partial charge in [0.05, 0.1) is 12.6 Å². The monoisotopic (exact) mass is 824 g/mol. The number of aliphatic carboxylic acids is 1. The first-order valence-corrected chi connectivity index (χ1v) is 22.1. The standard InChI is InChI=1S/C44H69N7O8/c1-5-27(4)38(40(55)47-35(42(57)58)17-26(2)3)49-39(54)34(21-28-11-13-32(52)14-12-28)50-46-25-37(53)36-10-8-16-51(36)41(56)33(9-6-7-15-45)48-43(59)44-22-29-18-30(23-44)20-31(19-29)24-44/h11-14,26-27,29-31,33-36,38,46,50,52H,5-10,15-25,45H2,1-4H3,(H,47,55)(H,48,59)(H,49,54)(H,57,58)/t27-,29?,30?,31?,33-,34-,35-,36-,38-,44?/m0/s1. The van der Waals surface area contributed by atoms with Crippen molar-refractivity contribution in [2.45, 2.75) is 148 Å². The van der Waals surface area contributed by atoms with Crippen molar-refractivity contribution in [3.8, 4) is 5.75 Å². The van der Waals surface area contributed by atoms with Gasteiger partial charge in [0.1, 0.15) is 29.9 Å². The number of rotatable bonds is 23. The van der Waals surface area contributed by atoms with E-state index in [4.69, 9.17) is 5.73 Å². The number of benzene rings is 1. The molecule has 5 aliphatic rings. The summed E-state index contributed by atoms with van der Waals surface area (Å²) in [5, 5.41) is 28.2. The van der Waals surface area contributed by atoms with Gasteiger partial charge in [0.25, 0.3) is 0 Å². The largest absolute Gasteiger partial charge is 0.508 e. The Morgan fingerprint density at radius 1 is 0.864 bits per heavy atom. The molecule has 0 unspecified atom stereocenters. The van der Waals surface area contributed by atoms with Gasteiger partial charge in [0, 0.05) is 12.0 Å². The van der Waals surface area contributed by atoms with Crippen molar-refractivity contribution in [2.24, 2.45) is 40.7 Å². The van der Waals surface area contributed by atoms with Gasteiger partial charge in [0.2, 0.25) is 23.6 Å². The lowest BCUT2D eigenvalue weighted by Crippen LogP contribution is -2.60. The number of carbonyl (C=O) groups excluding carboxylic acids is 5. The molecule has 4 amide bonds. The number of amides is 4. The second kappa shape index (κ2) is 20.9. The number of aromatic hydroxyl groups is 1. The Morgan fingerprint density at radius 2 is 1.51 bits per heavy atom. The van der Waals surface area contributed by atoms with Crippen LogP contribution in [0.5, 0.6) is 5.75 Å². The average Bonchev–Trinajstić information content (AvgIpc) is 3.68. The molecule has 1 aromatic rings. The lowest BCUT2D eigenvalue weighted by Gasteiger charge is -2.55. The second-order valence-corrected chi connectivity index (χ2v) is 18.5. The Hall–Kier alpha value is -4.08. The molecule has 1 heterocycles. The highest BCUT2D eigenvalue weighted by Crippen LogP contribution is 2.60. The van der Waals surface area contributed by atoms with Crippen LogP contribution in [0.3, 0.4) is 0 Å². The molecule has 9 N–H and O–H groups in total. The van der Waals surface area contributed by atoms with Crippen molar-refractivity contribution < 1.29 is 39.0 Å². The normalized spacial score (nSPS) is 25.8. The number of likely N-dealkylation sites (tertiary alicyclic amines) is 1. The van der Waals surface area contributed by atoms with Crippen LogP contribution in [-0.2, 0) is 35.2 Å². The molecule has 6 atom stereocenters. The van der Waals surface area contributed by atoms with Crippen molar-refractivity contribution in [2.75, 3.05) is 19.6 Å². The van der Waals surface area contributed by atoms with Crippen LogP contribution in [0.25, 0.3) is 0 Å². The zero-order valence-electron chi connectivity index (χ0n) is 35.5. The smallest absolute Gasteiger partial charge is 0.326 e. The quantitative estimate of drug-likeness (QED) is 0.0591. The second-order valence-electron chi connectivity index (χ2n) is 18.5. The summed E-state index contributed by atoms with van der Waals surface area (Å²) in [6, 6.07) is 1.73. The van der Waals surface area contributed by atoms with Crippen LogP contribution >= 0.6 is 0 Å². The predicted octanol–water partition coefficient (Wildman–Crippen LogP) is 2.93. The highest BCUT2D eigenvalue weighted by molar-refractivity contribution is 5.95. The molecule has 1 aromatic carbocycles. The summed E-state index contributed by atoms with van der Waals surface area (Å²) in [5.74, 6) is -1.35. The molecule has 1 aliphatic heterocycles. The highest BCUT2D eigenvalue weighted by atomic mass is 16.4. The van der Waals surface area contributed by atoms with Gasteiger partial charge in [-0.15, -0.1) is 0 Å². The minimum atomic E-state index is -1.16. The number of carboxylic acids is 1. The van der Waals surface area contributed by atoms with Gasteiger partial charge < -0.3 is 36.8 Å². The first-order chi connectivity index (χ1) is 28.1. The summed E-state index contributed by atoms with van der Waals surface area (Å²) in [6.07, 6.45) is 10.1. The maximum atomic E-state index is 14.3. The van der Waals surface area contributed by atoms with Gasteiger partial charge in [-0.3, -0.25) is 24.0 Å². The van der Waals surface area contributed by atoms with Crippen LogP contribution in [0.2, 0.25) is 0 Å². The van der Waals surface area contributed by atoms with Gasteiger partial charge in [-0.05, 0) is 137 Å². The van der Waals surface area contributed by atoms with E-state index in [2.05, 4.69) is 26.8 Å². The Kier molecular flexibility index (Phi) is 16.3. The lowest BCUT2D eigenvalue weighted by atomic mass is 9.49. The first-order valence-electron chi connectivity index (χ1n) is 22.1. The van der Waals surface area contributed by atoms with Gasteiger partial charge in [-0.2, -0.15) is 0 Å². The predicted molar refractivity (Wildman–Crippen MR) is 222 cm³/mol. The van der Waals surface area contributed by atoms with Crippen molar-refractivity contribution in [1.29, 1.82) is 0 Å². The van der Waals surface area contributed by atoms with E-state index >= 15 is 0 Å². The van der Waals surface area contributed by atoms with Crippen molar-refractivity contribution >= 4 is 35.4 Å². The number of Topliss-reactive ketones (excluding diaryl/α,β-unsaturated/α-hetero) is 1. The summed E-state index contributed by atoms with van der Waals surface area (Å²) in [6.45, 7) is 8.06. The van der Waals surface area contributed by atoms with E-state index in [1.54, 1.807) is 24.0 Å². The fraction of sp³-hybridized carbons (Fsp3) is 0.727. The summed E-state index contributed by atoms with van der Waals surface area (Å²) >= 11 is 0. The summed E-state index contributed by atoms with van der Waals surface area (Å²) in [5.41, 5.74) is 12.0. The SMILES string of the molecule is CC[C@H](C)[C@H](NC(=O)[C@H](Cc1ccc(O)cc1)NNCC(=O)[C@@H]1CCCN1C(=O)[C@H](CCCCN)NC(=O)C12CC3CC(CC(C3)C1)C2)C(=O)N[C@@H](CC(C)C)C(=O)O. The topological polar surface area (TPSA) is 232 Å². The highest BCUT2D eigenvalue weighted by Gasteiger charge is 2.55. The molecule has 59 heavy (non-hydrogen) atoms. The van der Waals surface area contributed by atoms with Gasteiger partial charge in [-0.25, -0.2) is 15.6 Å². The van der Waals surface area contributed by atoms with Crippen LogP contribution in [0.1, 0.15) is 117 Å². The summed E-state index contributed by atoms with van der Waals surface area (Å²) < 4.78 is 0. The molecule has 4 aliphatic carbocycles. The Morgan fingerprint density at radius 3 is 2.08 bits per heavy atom. The van der Waals surface area contributed by atoms with E-state index in [1.807, 2.05) is 20.8 Å². The van der Waals surface area contributed by atoms with E-state index in [1.165, 1.54) is 31.4 Å². The van der Waals surface area contributed by atoms with Gasteiger partial charge >= 0.3 is 5.97 Å². The molecule has 0 aromatic heterocycles. The van der Waals surface area contributed by atoms with Crippen LogP contribution in [0, 0.1) is 35.0 Å².